The predicted octanol–water partition coefficient (Wildman–Crippen LogP) is -1.49. The molecule has 0 radical (unpaired) electrons. The van der Waals surface area contributed by atoms with Crippen molar-refractivity contribution in [2.75, 3.05) is 13.2 Å². The molecular weight excluding hydrogens is 536 g/mol. The molecule has 14 heteroatoms. The van der Waals surface area contributed by atoms with Crippen molar-refractivity contribution in [2.24, 2.45) is 0 Å². The molecule has 0 aliphatic carbocycles. The SMILES string of the molecule is O=c1c(-c2ccc(O)cc2)coc2cc(OC3OC(COC4OCC(O)C(O)C4O)C(O)C(O)C3O)cc(O)c12. The number of hydrogen-bond donors (Lipinski definition) is 8. The first-order valence-corrected chi connectivity index (χ1v) is 12.3. The molecule has 9 atom stereocenters. The monoisotopic (exact) mass is 564 g/mol. The highest BCUT2D eigenvalue weighted by Gasteiger charge is 2.46. The van der Waals surface area contributed by atoms with E-state index in [1.165, 1.54) is 36.6 Å². The van der Waals surface area contributed by atoms with Crippen LogP contribution in [0.5, 0.6) is 17.2 Å². The Hall–Kier alpha value is -3.31. The lowest BCUT2D eigenvalue weighted by Crippen LogP contribution is -2.61. The average Bonchev–Trinajstić information content (AvgIpc) is 2.93. The molecule has 0 spiro atoms. The number of phenolic OH excluding ortho intramolecular Hbond substituents is 2. The molecule has 2 aliphatic heterocycles. The molecule has 0 amide bonds. The summed E-state index contributed by atoms with van der Waals surface area (Å²) in [5.74, 6) is -0.603. The zero-order valence-electron chi connectivity index (χ0n) is 20.7. The second-order valence-corrected chi connectivity index (χ2v) is 9.56. The quantitative estimate of drug-likeness (QED) is 0.171. The van der Waals surface area contributed by atoms with E-state index < -0.39 is 73.1 Å². The summed E-state index contributed by atoms with van der Waals surface area (Å²) in [6.07, 6.45) is -12.7. The van der Waals surface area contributed by atoms with E-state index in [1.807, 2.05) is 0 Å². The maximum absolute atomic E-state index is 13.1. The van der Waals surface area contributed by atoms with Crippen LogP contribution in [0.1, 0.15) is 0 Å². The minimum absolute atomic E-state index is 0.00988. The van der Waals surface area contributed by atoms with E-state index in [1.54, 1.807) is 0 Å². The Morgan fingerprint density at radius 1 is 0.850 bits per heavy atom. The Labute approximate surface area is 225 Å². The largest absolute Gasteiger partial charge is 0.508 e. The van der Waals surface area contributed by atoms with Gasteiger partial charge < -0.3 is 64.2 Å². The second-order valence-electron chi connectivity index (χ2n) is 9.56. The Bertz CT molecular complexity index is 1390. The van der Waals surface area contributed by atoms with Gasteiger partial charge in [0, 0.05) is 12.1 Å². The number of phenols is 2. The van der Waals surface area contributed by atoms with Crippen LogP contribution in [0.25, 0.3) is 22.1 Å². The standard InChI is InChI=1S/C26H28O14/c27-11-3-1-10(2-4-11)13-7-36-16-6-12(5-14(28)18(16)19(13)30)39-26-24(35)22(33)21(32)17(40-26)9-38-25-23(34)20(31)15(29)8-37-25/h1-7,15,17,20-29,31-35H,8-9H2. The number of ether oxygens (including phenoxy) is 4. The average molecular weight is 564 g/mol. The molecule has 2 fully saturated rings. The van der Waals surface area contributed by atoms with E-state index in [-0.39, 0.29) is 34.6 Å². The maximum Gasteiger partial charge on any atom is 0.229 e. The molecule has 5 rings (SSSR count). The van der Waals surface area contributed by atoms with Crippen molar-refractivity contribution in [1.82, 2.24) is 0 Å². The van der Waals surface area contributed by atoms with Crippen molar-refractivity contribution in [3.05, 3.63) is 52.9 Å². The first kappa shape index (κ1) is 28.2. The highest BCUT2D eigenvalue weighted by atomic mass is 16.7. The van der Waals surface area contributed by atoms with E-state index in [2.05, 4.69) is 0 Å². The summed E-state index contributed by atoms with van der Waals surface area (Å²) in [4.78, 5) is 13.1. The first-order valence-electron chi connectivity index (χ1n) is 12.3. The number of hydrogen-bond acceptors (Lipinski definition) is 14. The van der Waals surface area contributed by atoms with E-state index in [4.69, 9.17) is 23.4 Å². The fourth-order valence-electron chi connectivity index (χ4n) is 4.52. The fraction of sp³-hybridized carbons (Fsp3) is 0.423. The van der Waals surface area contributed by atoms with Gasteiger partial charge in [0.25, 0.3) is 0 Å². The summed E-state index contributed by atoms with van der Waals surface area (Å²) in [5.41, 5.74) is -0.0241. The van der Waals surface area contributed by atoms with Crippen molar-refractivity contribution in [1.29, 1.82) is 0 Å². The summed E-state index contributed by atoms with van der Waals surface area (Å²) in [6.45, 7) is -0.796. The number of aliphatic hydroxyl groups is 6. The molecular formula is C26H28O14. The van der Waals surface area contributed by atoms with E-state index in [0.717, 1.165) is 6.07 Å². The van der Waals surface area contributed by atoms with Crippen LogP contribution in [0.15, 0.2) is 51.9 Å². The van der Waals surface area contributed by atoms with Gasteiger partial charge in [0.2, 0.25) is 11.7 Å². The molecule has 8 N–H and O–H groups in total. The van der Waals surface area contributed by atoms with Crippen LogP contribution in [0.4, 0.5) is 0 Å². The van der Waals surface area contributed by atoms with Gasteiger partial charge in [-0.25, -0.2) is 0 Å². The minimum atomic E-state index is -1.75. The molecule has 14 nitrogen and oxygen atoms in total. The molecule has 40 heavy (non-hydrogen) atoms. The van der Waals surface area contributed by atoms with Crippen molar-refractivity contribution in [2.45, 2.75) is 55.3 Å². The van der Waals surface area contributed by atoms with Crippen molar-refractivity contribution in [3.63, 3.8) is 0 Å². The van der Waals surface area contributed by atoms with Gasteiger partial charge in [0.05, 0.1) is 18.8 Å². The van der Waals surface area contributed by atoms with Crippen LogP contribution >= 0.6 is 0 Å². The highest BCUT2D eigenvalue weighted by Crippen LogP contribution is 2.33. The molecule has 3 aromatic rings. The zero-order valence-corrected chi connectivity index (χ0v) is 20.7. The number of rotatable bonds is 6. The second kappa shape index (κ2) is 11.3. The van der Waals surface area contributed by atoms with Gasteiger partial charge in [-0.15, -0.1) is 0 Å². The smallest absolute Gasteiger partial charge is 0.229 e. The highest BCUT2D eigenvalue weighted by molar-refractivity contribution is 5.88. The molecule has 2 aliphatic rings. The Morgan fingerprint density at radius 2 is 1.55 bits per heavy atom. The van der Waals surface area contributed by atoms with Gasteiger partial charge in [-0.05, 0) is 17.7 Å². The normalized spacial score (nSPS) is 32.7. The van der Waals surface area contributed by atoms with Gasteiger partial charge >= 0.3 is 0 Å². The van der Waals surface area contributed by atoms with Crippen LogP contribution in [0.2, 0.25) is 0 Å². The van der Waals surface area contributed by atoms with Gasteiger partial charge in [0.15, 0.2) is 6.29 Å². The first-order chi connectivity index (χ1) is 19.0. The van der Waals surface area contributed by atoms with E-state index >= 15 is 0 Å². The van der Waals surface area contributed by atoms with Crippen LogP contribution in [-0.4, -0.2) is 109 Å². The summed E-state index contributed by atoms with van der Waals surface area (Å²) >= 11 is 0. The third kappa shape index (κ3) is 5.36. The molecule has 0 bridgehead atoms. The van der Waals surface area contributed by atoms with Gasteiger partial charge in [0.1, 0.15) is 77.2 Å². The summed E-state index contributed by atoms with van der Waals surface area (Å²) in [6, 6.07) is 8.15. The maximum atomic E-state index is 13.1. The van der Waals surface area contributed by atoms with E-state index in [9.17, 15) is 45.6 Å². The fourth-order valence-corrected chi connectivity index (χ4v) is 4.52. The Kier molecular flexibility index (Phi) is 7.96. The lowest BCUT2D eigenvalue weighted by atomic mass is 9.99. The van der Waals surface area contributed by atoms with E-state index in [0.29, 0.717) is 5.56 Å². The topological polar surface area (TPSA) is 229 Å². The van der Waals surface area contributed by atoms with Crippen molar-refractivity contribution < 1.29 is 64.2 Å². The van der Waals surface area contributed by atoms with Gasteiger partial charge in [-0.3, -0.25) is 4.79 Å². The van der Waals surface area contributed by atoms with Crippen molar-refractivity contribution in [3.8, 4) is 28.4 Å². The predicted molar refractivity (Wildman–Crippen MR) is 132 cm³/mol. The van der Waals surface area contributed by atoms with Crippen molar-refractivity contribution >= 4 is 11.0 Å². The minimum Gasteiger partial charge on any atom is -0.508 e. The van der Waals surface area contributed by atoms with Crippen LogP contribution in [0, 0.1) is 0 Å². The van der Waals surface area contributed by atoms with Gasteiger partial charge in [-0.1, -0.05) is 12.1 Å². The van der Waals surface area contributed by atoms with Gasteiger partial charge in [-0.2, -0.15) is 0 Å². The molecule has 2 saturated heterocycles. The number of aromatic hydroxyl groups is 2. The Morgan fingerprint density at radius 3 is 2.27 bits per heavy atom. The molecule has 216 valence electrons. The van der Waals surface area contributed by atoms with Crippen LogP contribution in [-0.2, 0) is 14.2 Å². The lowest BCUT2D eigenvalue weighted by Gasteiger charge is -2.41. The molecule has 0 saturated carbocycles. The number of fused-ring (bicyclic) bond motifs is 1. The zero-order chi connectivity index (χ0) is 28.7. The molecule has 1 aromatic heterocycles. The summed E-state index contributed by atoms with van der Waals surface area (Å²) in [7, 11) is 0. The van der Waals surface area contributed by atoms with Crippen LogP contribution < -0.4 is 10.2 Å². The Balaban J connectivity index is 1.33. The van der Waals surface area contributed by atoms with Crippen LogP contribution in [0.3, 0.4) is 0 Å². The molecule has 3 heterocycles. The summed E-state index contributed by atoms with van der Waals surface area (Å²) in [5, 5.41) is 80.5. The number of benzene rings is 2. The third-order valence-electron chi connectivity index (χ3n) is 6.81. The number of aliphatic hydroxyl groups excluding tert-OH is 6. The molecule has 2 aromatic carbocycles. The lowest BCUT2D eigenvalue weighted by molar-refractivity contribution is -0.307. The summed E-state index contributed by atoms with van der Waals surface area (Å²) < 4.78 is 27.2. The third-order valence-corrected chi connectivity index (χ3v) is 6.81. The molecule has 9 unspecified atom stereocenters.